The second-order valence-corrected chi connectivity index (χ2v) is 9.68. The van der Waals surface area contributed by atoms with Gasteiger partial charge in [-0.2, -0.15) is 10.2 Å². The first-order valence-electron chi connectivity index (χ1n) is 11.6. The van der Waals surface area contributed by atoms with Crippen LogP contribution in [-0.2, 0) is 13.2 Å². The lowest BCUT2D eigenvalue weighted by molar-refractivity contribution is 0.220. The molecule has 1 aromatic carbocycles. The third-order valence-electron chi connectivity index (χ3n) is 5.97. The van der Waals surface area contributed by atoms with Gasteiger partial charge in [0.2, 0.25) is 0 Å². The first-order valence-corrected chi connectivity index (χ1v) is 12.4. The Labute approximate surface area is 203 Å². The molecule has 1 aliphatic rings. The topological polar surface area (TPSA) is 87.8 Å². The van der Waals surface area contributed by atoms with Gasteiger partial charge >= 0.3 is 6.01 Å². The molecule has 1 saturated heterocycles. The highest BCUT2D eigenvalue weighted by atomic mass is 32.1. The monoisotopic (exact) mass is 470 g/mol. The highest BCUT2D eigenvalue weighted by Crippen LogP contribution is 2.31. The average molecular weight is 471 g/mol. The number of aryl methyl sites for hydroxylation is 1. The third kappa shape index (κ3) is 5.22. The molecule has 0 saturated carbocycles. The van der Waals surface area contributed by atoms with Crippen LogP contribution in [0.3, 0.4) is 0 Å². The van der Waals surface area contributed by atoms with Gasteiger partial charge in [-0.05, 0) is 56.1 Å². The number of likely N-dealkylation sites (tertiary alicyclic amines) is 1. The Bertz CT molecular complexity index is 1320. The van der Waals surface area contributed by atoms with Crippen molar-refractivity contribution in [3.63, 3.8) is 0 Å². The largest absolute Gasteiger partial charge is 0.459 e. The fourth-order valence-corrected chi connectivity index (χ4v) is 5.34. The van der Waals surface area contributed by atoms with E-state index in [0.29, 0.717) is 17.3 Å². The van der Waals surface area contributed by atoms with Gasteiger partial charge in [0.1, 0.15) is 17.5 Å². The number of rotatable bonds is 7. The summed E-state index contributed by atoms with van der Waals surface area (Å²) in [5.41, 5.74) is 4.67. The summed E-state index contributed by atoms with van der Waals surface area (Å²) in [6, 6.07) is 14.8. The number of thiazole rings is 1. The Balaban J connectivity index is 1.28. The molecule has 7 nitrogen and oxygen atoms in total. The quantitative estimate of drug-likeness (QED) is 0.375. The Hall–Kier alpha value is -3.41. The van der Waals surface area contributed by atoms with Gasteiger partial charge in [-0.15, -0.1) is 11.3 Å². The number of aromatic nitrogens is 4. The van der Waals surface area contributed by atoms with Gasteiger partial charge in [-0.1, -0.05) is 30.7 Å². The van der Waals surface area contributed by atoms with Crippen molar-refractivity contribution < 1.29 is 4.74 Å². The maximum atomic E-state index is 9.87. The summed E-state index contributed by atoms with van der Waals surface area (Å²) in [6.45, 7) is 5.64. The minimum Gasteiger partial charge on any atom is -0.459 e. The molecule has 0 bridgehead atoms. The maximum absolute atomic E-state index is 9.87. The highest BCUT2D eigenvalue weighted by Gasteiger charge is 2.21. The van der Waals surface area contributed by atoms with E-state index < -0.39 is 5.92 Å². The number of nitriles is 1. The molecule has 5 rings (SSSR count). The van der Waals surface area contributed by atoms with Crippen LogP contribution in [-0.4, -0.2) is 37.9 Å². The fraction of sp³-hybridized carbons (Fsp3) is 0.346. The van der Waals surface area contributed by atoms with Crippen molar-refractivity contribution in [3.05, 3.63) is 76.3 Å². The van der Waals surface area contributed by atoms with Crippen LogP contribution in [0.1, 0.15) is 52.7 Å². The van der Waals surface area contributed by atoms with Crippen molar-refractivity contribution in [2.45, 2.75) is 45.3 Å². The number of fused-ring (bicyclic) bond motifs is 1. The predicted octanol–water partition coefficient (Wildman–Crippen LogP) is 5.01. The van der Waals surface area contributed by atoms with Crippen LogP contribution in [0.25, 0.3) is 10.2 Å². The first-order chi connectivity index (χ1) is 16.7. The summed E-state index contributed by atoms with van der Waals surface area (Å²) >= 11 is 1.49. The molecule has 8 heteroatoms. The molecule has 1 atom stereocenters. The zero-order valence-electron chi connectivity index (χ0n) is 19.1. The zero-order chi connectivity index (χ0) is 23.3. The second-order valence-electron chi connectivity index (χ2n) is 8.62. The van der Waals surface area contributed by atoms with Gasteiger partial charge in [0, 0.05) is 18.4 Å². The lowest BCUT2D eigenvalue weighted by Gasteiger charge is -2.26. The number of hydrogen-bond donors (Lipinski definition) is 0. The molecule has 4 aromatic rings. The lowest BCUT2D eigenvalue weighted by Crippen LogP contribution is -2.29. The van der Waals surface area contributed by atoms with E-state index >= 15 is 0 Å². The van der Waals surface area contributed by atoms with Crippen LogP contribution in [0.5, 0.6) is 6.01 Å². The van der Waals surface area contributed by atoms with Crippen molar-refractivity contribution >= 4 is 21.6 Å². The number of piperidine rings is 1. The molecule has 3 aromatic heterocycles. The molecule has 1 aliphatic heterocycles. The molecule has 4 heterocycles. The Morgan fingerprint density at radius 3 is 2.79 bits per heavy atom. The van der Waals surface area contributed by atoms with E-state index in [2.05, 4.69) is 55.2 Å². The molecular formula is C26H26N6OS. The van der Waals surface area contributed by atoms with Gasteiger partial charge in [0.25, 0.3) is 0 Å². The Kier molecular flexibility index (Phi) is 6.74. The minimum absolute atomic E-state index is 0.262. The summed E-state index contributed by atoms with van der Waals surface area (Å²) in [7, 11) is 0. The maximum Gasteiger partial charge on any atom is 0.316 e. The summed E-state index contributed by atoms with van der Waals surface area (Å²) in [6.07, 6.45) is 7.29. The van der Waals surface area contributed by atoms with E-state index in [1.165, 1.54) is 49.3 Å². The standard InChI is InChI=1S/C26H26N6OS/c1-18-12-24-23(15-29-18)30-25(34-24)21(14-27)22-8-9-28-26(31-22)33-17-20-7-5-6-19(13-20)16-32-10-3-2-4-11-32/h5-9,12-13,15,21H,2-4,10-11,16-17H2,1H3. The van der Waals surface area contributed by atoms with Gasteiger partial charge in [0.15, 0.2) is 0 Å². The van der Waals surface area contributed by atoms with Gasteiger partial charge in [-0.3, -0.25) is 9.88 Å². The lowest BCUT2D eigenvalue weighted by atomic mass is 10.1. The van der Waals surface area contributed by atoms with Crippen molar-refractivity contribution in [1.29, 1.82) is 5.26 Å². The molecule has 0 spiro atoms. The number of benzene rings is 1. The number of nitrogens with zero attached hydrogens (tertiary/aromatic N) is 6. The first kappa shape index (κ1) is 22.4. The summed E-state index contributed by atoms with van der Waals surface area (Å²) in [5.74, 6) is -0.587. The number of ether oxygens (including phenoxy) is 1. The van der Waals surface area contributed by atoms with Crippen LogP contribution < -0.4 is 4.74 Å². The van der Waals surface area contributed by atoms with E-state index in [1.54, 1.807) is 18.5 Å². The van der Waals surface area contributed by atoms with Gasteiger partial charge in [0.05, 0.1) is 28.2 Å². The summed E-state index contributed by atoms with van der Waals surface area (Å²) in [5, 5.41) is 10.6. The third-order valence-corrected chi connectivity index (χ3v) is 7.05. The summed E-state index contributed by atoms with van der Waals surface area (Å²) in [4.78, 5) is 20.2. The van der Waals surface area contributed by atoms with Crippen molar-refractivity contribution in [2.75, 3.05) is 13.1 Å². The van der Waals surface area contributed by atoms with E-state index in [4.69, 9.17) is 4.74 Å². The normalized spacial score (nSPS) is 15.2. The summed E-state index contributed by atoms with van der Waals surface area (Å²) < 4.78 is 6.92. The molecule has 0 radical (unpaired) electrons. The van der Waals surface area contributed by atoms with Crippen molar-refractivity contribution in [1.82, 2.24) is 24.8 Å². The van der Waals surface area contributed by atoms with E-state index in [9.17, 15) is 5.26 Å². The predicted molar refractivity (Wildman–Crippen MR) is 132 cm³/mol. The zero-order valence-corrected chi connectivity index (χ0v) is 20.0. The minimum atomic E-state index is -0.587. The van der Waals surface area contributed by atoms with E-state index in [-0.39, 0.29) is 6.01 Å². The number of hydrogen-bond acceptors (Lipinski definition) is 8. The average Bonchev–Trinajstić information content (AvgIpc) is 3.27. The fourth-order valence-electron chi connectivity index (χ4n) is 4.24. The molecule has 1 fully saturated rings. The van der Waals surface area contributed by atoms with Gasteiger partial charge < -0.3 is 4.74 Å². The molecule has 172 valence electrons. The van der Waals surface area contributed by atoms with Crippen molar-refractivity contribution in [3.8, 4) is 12.1 Å². The van der Waals surface area contributed by atoms with Crippen LogP contribution in [0.15, 0.2) is 48.8 Å². The molecule has 0 aliphatic carbocycles. The number of pyridine rings is 1. The molecule has 34 heavy (non-hydrogen) atoms. The second kappa shape index (κ2) is 10.2. The van der Waals surface area contributed by atoms with Crippen LogP contribution in [0.4, 0.5) is 0 Å². The molecular weight excluding hydrogens is 444 g/mol. The molecule has 0 amide bonds. The van der Waals surface area contributed by atoms with E-state index in [1.807, 2.05) is 13.0 Å². The molecule has 0 N–H and O–H groups in total. The smallest absolute Gasteiger partial charge is 0.316 e. The van der Waals surface area contributed by atoms with Gasteiger partial charge in [-0.25, -0.2) is 9.97 Å². The van der Waals surface area contributed by atoms with Crippen LogP contribution in [0.2, 0.25) is 0 Å². The van der Waals surface area contributed by atoms with Crippen molar-refractivity contribution in [2.24, 2.45) is 0 Å². The highest BCUT2D eigenvalue weighted by molar-refractivity contribution is 7.18. The van der Waals surface area contributed by atoms with Crippen LogP contribution in [0, 0.1) is 18.3 Å². The molecule has 1 unspecified atom stereocenters. The van der Waals surface area contributed by atoms with E-state index in [0.717, 1.165) is 28.0 Å². The Morgan fingerprint density at radius 1 is 1.09 bits per heavy atom. The Morgan fingerprint density at radius 2 is 1.94 bits per heavy atom. The SMILES string of the molecule is Cc1cc2sc(C(C#N)c3ccnc(OCc4cccc(CN5CCCCC5)c4)n3)nc2cn1. The van der Waals surface area contributed by atoms with Crippen LogP contribution >= 0.6 is 11.3 Å².